The summed E-state index contributed by atoms with van der Waals surface area (Å²) in [7, 11) is 0. The Bertz CT molecular complexity index is 212. The molecule has 1 heterocycles. The summed E-state index contributed by atoms with van der Waals surface area (Å²) in [4.78, 5) is 0. The van der Waals surface area contributed by atoms with Crippen LogP contribution in [0.3, 0.4) is 0 Å². The molecular weight excluding hydrogens is 224 g/mol. The maximum absolute atomic E-state index is 5.33. The van der Waals surface area contributed by atoms with Gasteiger partial charge in [-0.1, -0.05) is 0 Å². The van der Waals surface area contributed by atoms with Gasteiger partial charge < -0.3 is 11.1 Å². The molecule has 0 atom stereocenters. The normalized spacial score (nSPS) is 10.4. The lowest BCUT2D eigenvalue weighted by atomic mass is 10.3. The van der Waals surface area contributed by atoms with Crippen molar-refractivity contribution in [3.05, 3.63) is 20.8 Å². The largest absolute Gasteiger partial charge is 0.329 e. The molecule has 11 heavy (non-hydrogen) atoms. The van der Waals surface area contributed by atoms with Gasteiger partial charge in [-0.05, 0) is 32.9 Å². The van der Waals surface area contributed by atoms with Crippen molar-refractivity contribution >= 4 is 27.3 Å². The number of thiophene rings is 1. The predicted octanol–water partition coefficient (Wildman–Crippen LogP) is 1.56. The van der Waals surface area contributed by atoms with Gasteiger partial charge in [0.15, 0.2) is 0 Å². The van der Waals surface area contributed by atoms with Gasteiger partial charge >= 0.3 is 0 Å². The van der Waals surface area contributed by atoms with E-state index in [9.17, 15) is 0 Å². The van der Waals surface area contributed by atoms with Gasteiger partial charge in [-0.3, -0.25) is 0 Å². The van der Waals surface area contributed by atoms with Gasteiger partial charge in [0.05, 0.1) is 3.79 Å². The molecule has 0 aromatic carbocycles. The Balaban J connectivity index is 2.27. The average molecular weight is 235 g/mol. The lowest BCUT2D eigenvalue weighted by Crippen LogP contribution is -2.21. The van der Waals surface area contributed by atoms with Crippen LogP contribution in [0.2, 0.25) is 0 Å². The summed E-state index contributed by atoms with van der Waals surface area (Å²) in [5.41, 5.74) is 6.64. The summed E-state index contributed by atoms with van der Waals surface area (Å²) in [5.74, 6) is 0. The van der Waals surface area contributed by atoms with Crippen molar-refractivity contribution in [2.24, 2.45) is 5.73 Å². The van der Waals surface area contributed by atoms with Crippen LogP contribution in [0.25, 0.3) is 0 Å². The van der Waals surface area contributed by atoms with Gasteiger partial charge in [-0.25, -0.2) is 0 Å². The third-order valence-corrected chi connectivity index (χ3v) is 2.83. The molecule has 1 rings (SSSR count). The number of nitrogens with two attached hydrogens (primary N) is 1. The van der Waals surface area contributed by atoms with Crippen LogP contribution in [0.4, 0.5) is 0 Å². The predicted molar refractivity (Wildman–Crippen MR) is 52.8 cm³/mol. The zero-order chi connectivity index (χ0) is 8.10. The molecule has 2 nitrogen and oxygen atoms in total. The van der Waals surface area contributed by atoms with Gasteiger partial charge in [-0.2, -0.15) is 0 Å². The Kier molecular flexibility index (Phi) is 4.07. The topological polar surface area (TPSA) is 38.0 Å². The van der Waals surface area contributed by atoms with Crippen molar-refractivity contribution in [2.45, 2.75) is 6.54 Å². The molecule has 1 aromatic rings. The fourth-order valence-corrected chi connectivity index (χ4v) is 1.98. The van der Waals surface area contributed by atoms with Gasteiger partial charge in [0.2, 0.25) is 0 Å². The van der Waals surface area contributed by atoms with Gasteiger partial charge in [0, 0.05) is 19.6 Å². The first-order chi connectivity index (χ1) is 5.33. The molecule has 0 amide bonds. The highest BCUT2D eigenvalue weighted by Gasteiger charge is 1.94. The minimum atomic E-state index is 0.700. The molecule has 0 fully saturated rings. The van der Waals surface area contributed by atoms with Gasteiger partial charge in [0.25, 0.3) is 0 Å². The standard InChI is InChI=1S/C7H11BrN2S/c8-7-3-6(5-11-7)4-10-2-1-9/h3,5,10H,1-2,4,9H2. The van der Waals surface area contributed by atoms with Crippen LogP contribution in [0.15, 0.2) is 15.2 Å². The van der Waals surface area contributed by atoms with Crippen LogP contribution in [-0.2, 0) is 6.54 Å². The second-order valence-electron chi connectivity index (χ2n) is 2.22. The monoisotopic (exact) mass is 234 g/mol. The highest BCUT2D eigenvalue weighted by Crippen LogP contribution is 2.20. The van der Waals surface area contributed by atoms with E-state index in [1.165, 1.54) is 9.35 Å². The van der Waals surface area contributed by atoms with E-state index in [2.05, 4.69) is 32.7 Å². The molecule has 0 radical (unpaired) electrons. The highest BCUT2D eigenvalue weighted by molar-refractivity contribution is 9.11. The third kappa shape index (κ3) is 3.33. The molecule has 4 heteroatoms. The number of hydrogen-bond donors (Lipinski definition) is 2. The minimum Gasteiger partial charge on any atom is -0.329 e. The first-order valence-electron chi connectivity index (χ1n) is 3.46. The van der Waals surface area contributed by atoms with Crippen molar-refractivity contribution < 1.29 is 0 Å². The summed E-state index contributed by atoms with van der Waals surface area (Å²) in [6.07, 6.45) is 0. The second kappa shape index (κ2) is 4.87. The first-order valence-corrected chi connectivity index (χ1v) is 5.14. The molecule has 0 unspecified atom stereocenters. The summed E-state index contributed by atoms with van der Waals surface area (Å²) >= 11 is 5.12. The van der Waals surface area contributed by atoms with Crippen LogP contribution < -0.4 is 11.1 Å². The summed E-state index contributed by atoms with van der Waals surface area (Å²) in [6, 6.07) is 2.12. The van der Waals surface area contributed by atoms with Gasteiger partial charge in [-0.15, -0.1) is 11.3 Å². The van der Waals surface area contributed by atoms with E-state index in [-0.39, 0.29) is 0 Å². The Labute approximate surface area is 78.9 Å². The van der Waals surface area contributed by atoms with Crippen LogP contribution in [0.1, 0.15) is 5.56 Å². The molecule has 0 saturated heterocycles. The molecular formula is C7H11BrN2S. The molecule has 0 spiro atoms. The van der Waals surface area contributed by atoms with Crippen LogP contribution in [0.5, 0.6) is 0 Å². The molecule has 1 aromatic heterocycles. The molecule has 0 aliphatic rings. The van der Waals surface area contributed by atoms with Crippen LogP contribution in [0, 0.1) is 0 Å². The fourth-order valence-electron chi connectivity index (χ4n) is 0.773. The maximum atomic E-state index is 5.33. The molecule has 0 aliphatic carbocycles. The zero-order valence-electron chi connectivity index (χ0n) is 6.14. The van der Waals surface area contributed by atoms with E-state index in [0.717, 1.165) is 13.1 Å². The van der Waals surface area contributed by atoms with E-state index < -0.39 is 0 Å². The Morgan fingerprint density at radius 3 is 3.00 bits per heavy atom. The van der Waals surface area contributed by atoms with Gasteiger partial charge in [0.1, 0.15) is 0 Å². The van der Waals surface area contributed by atoms with E-state index in [4.69, 9.17) is 5.73 Å². The molecule has 3 N–H and O–H groups in total. The maximum Gasteiger partial charge on any atom is 0.0701 e. The number of nitrogens with one attached hydrogen (secondary N) is 1. The Hall–Kier alpha value is 0.100. The lowest BCUT2D eigenvalue weighted by Gasteiger charge is -1.98. The minimum absolute atomic E-state index is 0.700. The lowest BCUT2D eigenvalue weighted by molar-refractivity contribution is 0.696. The van der Waals surface area contributed by atoms with Crippen molar-refractivity contribution in [1.29, 1.82) is 0 Å². The molecule has 0 bridgehead atoms. The first kappa shape index (κ1) is 9.19. The van der Waals surface area contributed by atoms with E-state index in [0.29, 0.717) is 6.54 Å². The zero-order valence-corrected chi connectivity index (χ0v) is 8.54. The van der Waals surface area contributed by atoms with E-state index in [1.807, 2.05) is 0 Å². The Morgan fingerprint density at radius 2 is 2.45 bits per heavy atom. The van der Waals surface area contributed by atoms with E-state index >= 15 is 0 Å². The number of halogens is 1. The molecule has 0 saturated carbocycles. The summed E-state index contributed by atoms with van der Waals surface area (Å²) < 4.78 is 1.18. The van der Waals surface area contributed by atoms with Crippen LogP contribution >= 0.6 is 27.3 Å². The Morgan fingerprint density at radius 1 is 1.64 bits per heavy atom. The SMILES string of the molecule is NCCNCc1csc(Br)c1. The summed E-state index contributed by atoms with van der Waals surface area (Å²) in [5, 5.41) is 5.36. The third-order valence-electron chi connectivity index (χ3n) is 1.27. The number of rotatable bonds is 4. The quantitative estimate of drug-likeness (QED) is 0.777. The molecule has 62 valence electrons. The summed E-state index contributed by atoms with van der Waals surface area (Å²) in [6.45, 7) is 2.50. The fraction of sp³-hybridized carbons (Fsp3) is 0.429. The molecule has 0 aliphatic heterocycles. The smallest absolute Gasteiger partial charge is 0.0701 e. The average Bonchev–Trinajstić information content (AvgIpc) is 2.37. The van der Waals surface area contributed by atoms with Crippen molar-refractivity contribution in [1.82, 2.24) is 5.32 Å². The number of hydrogen-bond acceptors (Lipinski definition) is 3. The van der Waals surface area contributed by atoms with Crippen molar-refractivity contribution in [3.8, 4) is 0 Å². The second-order valence-corrected chi connectivity index (χ2v) is 4.51. The van der Waals surface area contributed by atoms with Crippen molar-refractivity contribution in [2.75, 3.05) is 13.1 Å². The van der Waals surface area contributed by atoms with Crippen molar-refractivity contribution in [3.63, 3.8) is 0 Å². The highest BCUT2D eigenvalue weighted by atomic mass is 79.9. The van der Waals surface area contributed by atoms with Crippen LogP contribution in [-0.4, -0.2) is 13.1 Å². The van der Waals surface area contributed by atoms with E-state index in [1.54, 1.807) is 11.3 Å².